The predicted octanol–water partition coefficient (Wildman–Crippen LogP) is 1.99. The summed E-state index contributed by atoms with van der Waals surface area (Å²) in [6.07, 6.45) is 9.51. The van der Waals surface area contributed by atoms with Crippen molar-refractivity contribution in [2.45, 2.75) is 49.2 Å². The lowest BCUT2D eigenvalue weighted by Crippen LogP contribution is -2.60. The van der Waals surface area contributed by atoms with Gasteiger partial charge in [-0.05, 0) is 56.3 Å². The lowest BCUT2D eigenvalue weighted by molar-refractivity contribution is -0.124. The quantitative estimate of drug-likeness (QED) is 0.864. The van der Waals surface area contributed by atoms with E-state index in [2.05, 4.69) is 15.5 Å². The van der Waals surface area contributed by atoms with Gasteiger partial charge in [0.15, 0.2) is 5.16 Å². The second kappa shape index (κ2) is 5.00. The third-order valence-corrected chi connectivity index (χ3v) is 6.48. The summed E-state index contributed by atoms with van der Waals surface area (Å²) in [5, 5.41) is 12.0. The molecule has 4 aliphatic carbocycles. The molecule has 0 saturated heterocycles. The number of thioether (sulfide) groups is 1. The number of amides is 1. The first-order valence-electron chi connectivity index (χ1n) is 7.90. The molecule has 0 atom stereocenters. The van der Waals surface area contributed by atoms with Gasteiger partial charge >= 0.3 is 0 Å². The first-order chi connectivity index (χ1) is 10.1. The van der Waals surface area contributed by atoms with Crippen LogP contribution in [0.25, 0.3) is 0 Å². The van der Waals surface area contributed by atoms with Crippen LogP contribution in [0.3, 0.4) is 0 Å². The van der Waals surface area contributed by atoms with Gasteiger partial charge in [0.2, 0.25) is 5.91 Å². The molecule has 1 N–H and O–H groups in total. The second-order valence-electron chi connectivity index (χ2n) is 7.26. The minimum atomic E-state index is 0.117. The first-order valence-corrected chi connectivity index (χ1v) is 8.88. The molecule has 5 nitrogen and oxygen atoms in total. The molecular weight excluding hydrogens is 284 g/mol. The number of carbonyl (C=O) groups is 1. The molecule has 0 unspecified atom stereocenters. The molecule has 1 heterocycles. The van der Waals surface area contributed by atoms with Crippen LogP contribution in [0.4, 0.5) is 0 Å². The first kappa shape index (κ1) is 13.6. The van der Waals surface area contributed by atoms with Crippen molar-refractivity contribution in [3.8, 4) is 0 Å². The number of aryl methyl sites for hydroxylation is 1. The Morgan fingerprint density at radius 2 is 1.95 bits per heavy atom. The van der Waals surface area contributed by atoms with Crippen LogP contribution in [0.1, 0.15) is 38.5 Å². The summed E-state index contributed by atoms with van der Waals surface area (Å²) in [5.41, 5.74) is 0.117. The zero-order valence-electron chi connectivity index (χ0n) is 12.4. The molecule has 4 aliphatic rings. The van der Waals surface area contributed by atoms with E-state index < -0.39 is 0 Å². The third kappa shape index (κ3) is 2.58. The highest BCUT2D eigenvalue weighted by molar-refractivity contribution is 7.99. The normalized spacial score (nSPS) is 36.9. The average Bonchev–Trinajstić information content (AvgIpc) is 2.79. The molecule has 4 fully saturated rings. The van der Waals surface area contributed by atoms with E-state index in [0.29, 0.717) is 5.75 Å². The minimum absolute atomic E-state index is 0.117. The third-order valence-electron chi connectivity index (χ3n) is 5.45. The summed E-state index contributed by atoms with van der Waals surface area (Å²) in [5.74, 6) is 3.19. The van der Waals surface area contributed by atoms with Crippen LogP contribution in [0, 0.1) is 17.8 Å². The molecule has 1 aromatic rings. The summed E-state index contributed by atoms with van der Waals surface area (Å²) < 4.78 is 1.85. The van der Waals surface area contributed by atoms with Gasteiger partial charge in [0, 0.05) is 12.6 Å². The summed E-state index contributed by atoms with van der Waals surface area (Å²) >= 11 is 1.47. The Balaban J connectivity index is 1.37. The Morgan fingerprint density at radius 1 is 1.33 bits per heavy atom. The number of rotatable bonds is 4. The molecule has 0 aliphatic heterocycles. The van der Waals surface area contributed by atoms with E-state index in [9.17, 15) is 4.79 Å². The summed E-state index contributed by atoms with van der Waals surface area (Å²) in [6.45, 7) is 0. The van der Waals surface area contributed by atoms with E-state index in [1.54, 1.807) is 6.33 Å². The number of aromatic nitrogens is 3. The average molecular weight is 306 g/mol. The topological polar surface area (TPSA) is 59.8 Å². The van der Waals surface area contributed by atoms with Crippen LogP contribution >= 0.6 is 11.8 Å². The monoisotopic (exact) mass is 306 g/mol. The molecule has 0 radical (unpaired) electrons. The van der Waals surface area contributed by atoms with E-state index >= 15 is 0 Å². The van der Waals surface area contributed by atoms with Crippen molar-refractivity contribution in [1.29, 1.82) is 0 Å². The van der Waals surface area contributed by atoms with Crippen molar-refractivity contribution in [2.24, 2.45) is 24.8 Å². The standard InChI is InChI=1S/C15H22N4OS/c1-19-9-16-18-14(19)21-8-13(20)17-15-5-10-2-11(6-15)4-12(3-10)7-15/h9-12H,2-8H2,1H3,(H,17,20). The van der Waals surface area contributed by atoms with Gasteiger partial charge < -0.3 is 9.88 Å². The SMILES string of the molecule is Cn1cnnc1SCC(=O)NC12CC3CC(CC(C3)C1)C2. The lowest BCUT2D eigenvalue weighted by Gasteiger charge is -2.56. The van der Waals surface area contributed by atoms with E-state index in [-0.39, 0.29) is 11.4 Å². The van der Waals surface area contributed by atoms with Crippen LogP contribution in [0.5, 0.6) is 0 Å². The number of carbonyl (C=O) groups excluding carboxylic acids is 1. The molecule has 4 saturated carbocycles. The van der Waals surface area contributed by atoms with E-state index in [1.807, 2.05) is 11.6 Å². The van der Waals surface area contributed by atoms with E-state index in [1.165, 1.54) is 50.3 Å². The Kier molecular flexibility index (Phi) is 3.24. The van der Waals surface area contributed by atoms with Crippen LogP contribution in [0.2, 0.25) is 0 Å². The molecule has 0 spiro atoms. The van der Waals surface area contributed by atoms with Crippen molar-refractivity contribution in [2.75, 3.05) is 5.75 Å². The molecule has 6 heteroatoms. The van der Waals surface area contributed by atoms with E-state index in [4.69, 9.17) is 0 Å². The van der Waals surface area contributed by atoms with Crippen LogP contribution < -0.4 is 5.32 Å². The molecule has 4 bridgehead atoms. The van der Waals surface area contributed by atoms with Crippen molar-refractivity contribution >= 4 is 17.7 Å². The van der Waals surface area contributed by atoms with Gasteiger partial charge in [-0.2, -0.15) is 0 Å². The Labute approximate surface area is 129 Å². The number of nitrogens with zero attached hydrogens (tertiary/aromatic N) is 3. The molecular formula is C15H22N4OS. The fourth-order valence-corrected chi connectivity index (χ4v) is 5.82. The zero-order valence-corrected chi connectivity index (χ0v) is 13.2. The molecule has 114 valence electrons. The van der Waals surface area contributed by atoms with Gasteiger partial charge in [0.1, 0.15) is 6.33 Å². The second-order valence-corrected chi connectivity index (χ2v) is 8.20. The van der Waals surface area contributed by atoms with Gasteiger partial charge in [-0.25, -0.2) is 0 Å². The van der Waals surface area contributed by atoms with Crippen molar-refractivity contribution in [3.63, 3.8) is 0 Å². The van der Waals surface area contributed by atoms with Crippen molar-refractivity contribution in [3.05, 3.63) is 6.33 Å². The Hall–Kier alpha value is -1.04. The van der Waals surface area contributed by atoms with Gasteiger partial charge in [-0.1, -0.05) is 11.8 Å². The molecule has 21 heavy (non-hydrogen) atoms. The van der Waals surface area contributed by atoms with Gasteiger partial charge in [-0.3, -0.25) is 4.79 Å². The van der Waals surface area contributed by atoms with Crippen LogP contribution in [-0.2, 0) is 11.8 Å². The summed E-state index contributed by atoms with van der Waals surface area (Å²) in [6, 6.07) is 0. The largest absolute Gasteiger partial charge is 0.350 e. The lowest BCUT2D eigenvalue weighted by atomic mass is 9.53. The molecule has 1 amide bonds. The smallest absolute Gasteiger partial charge is 0.230 e. The fourth-order valence-electron chi connectivity index (χ4n) is 5.13. The van der Waals surface area contributed by atoms with Gasteiger partial charge in [-0.15, -0.1) is 10.2 Å². The predicted molar refractivity (Wildman–Crippen MR) is 80.8 cm³/mol. The fraction of sp³-hybridized carbons (Fsp3) is 0.800. The van der Waals surface area contributed by atoms with Gasteiger partial charge in [0.25, 0.3) is 0 Å². The van der Waals surface area contributed by atoms with Crippen molar-refractivity contribution in [1.82, 2.24) is 20.1 Å². The van der Waals surface area contributed by atoms with Crippen molar-refractivity contribution < 1.29 is 4.79 Å². The summed E-state index contributed by atoms with van der Waals surface area (Å²) in [7, 11) is 1.90. The van der Waals surface area contributed by atoms with E-state index in [0.717, 1.165) is 22.9 Å². The van der Waals surface area contributed by atoms with Crippen LogP contribution in [0.15, 0.2) is 11.5 Å². The maximum Gasteiger partial charge on any atom is 0.230 e. The zero-order chi connectivity index (χ0) is 14.4. The maximum absolute atomic E-state index is 12.3. The number of hydrogen-bond acceptors (Lipinski definition) is 4. The molecule has 1 aromatic heterocycles. The Morgan fingerprint density at radius 3 is 2.48 bits per heavy atom. The Bertz CT molecular complexity index is 520. The summed E-state index contributed by atoms with van der Waals surface area (Å²) in [4.78, 5) is 12.3. The minimum Gasteiger partial charge on any atom is -0.350 e. The van der Waals surface area contributed by atoms with Crippen LogP contribution in [-0.4, -0.2) is 32.0 Å². The number of nitrogens with one attached hydrogen (secondary N) is 1. The highest BCUT2D eigenvalue weighted by Crippen LogP contribution is 2.55. The molecule has 5 rings (SSSR count). The highest BCUT2D eigenvalue weighted by Gasteiger charge is 2.51. The molecule has 0 aromatic carbocycles. The number of hydrogen-bond donors (Lipinski definition) is 1. The maximum atomic E-state index is 12.3. The van der Waals surface area contributed by atoms with Gasteiger partial charge in [0.05, 0.1) is 5.75 Å². The highest BCUT2D eigenvalue weighted by atomic mass is 32.2.